The molecule has 9 nitrogen and oxygen atoms in total. The summed E-state index contributed by atoms with van der Waals surface area (Å²) < 4.78 is 10.2. The van der Waals surface area contributed by atoms with Gasteiger partial charge in [0.25, 0.3) is 0 Å². The van der Waals surface area contributed by atoms with Crippen LogP contribution in [-0.2, 0) is 0 Å². The molecule has 9 heteroatoms. The zero-order valence-corrected chi connectivity index (χ0v) is 14.9. The molecule has 0 aliphatic heterocycles. The van der Waals surface area contributed by atoms with Gasteiger partial charge in [-0.15, -0.1) is 0 Å². The highest BCUT2D eigenvalue weighted by atomic mass is 16.5. The summed E-state index contributed by atoms with van der Waals surface area (Å²) in [6.07, 6.45) is 0. The largest absolute Gasteiger partial charge is 0.506 e. The van der Waals surface area contributed by atoms with Gasteiger partial charge in [-0.25, -0.2) is 4.79 Å². The standard InChI is InChI=1S/C19H14O9/c1-6(20)10-14(19(25)26)18(24)13-12(16(10)22)15(21)8-4-7(27-2)5-9(28-3)11(8)17(13)23/h4-5,22,24H,1-3H3,(H,25,26). The molecule has 0 bridgehead atoms. The highest BCUT2D eigenvalue weighted by Crippen LogP contribution is 2.45. The minimum Gasteiger partial charge on any atom is -0.506 e. The van der Waals surface area contributed by atoms with Crippen molar-refractivity contribution >= 4 is 23.3 Å². The first-order chi connectivity index (χ1) is 13.1. The number of benzene rings is 2. The third-order valence-corrected chi connectivity index (χ3v) is 4.47. The molecular weight excluding hydrogens is 372 g/mol. The smallest absolute Gasteiger partial charge is 0.340 e. The third-order valence-electron chi connectivity index (χ3n) is 4.47. The number of carbonyl (C=O) groups is 4. The van der Waals surface area contributed by atoms with Gasteiger partial charge in [0.05, 0.1) is 36.5 Å². The topological polar surface area (TPSA) is 147 Å². The summed E-state index contributed by atoms with van der Waals surface area (Å²) in [6.45, 7) is 0.961. The summed E-state index contributed by atoms with van der Waals surface area (Å²) >= 11 is 0. The molecule has 28 heavy (non-hydrogen) atoms. The predicted molar refractivity (Wildman–Crippen MR) is 93.1 cm³/mol. The maximum Gasteiger partial charge on any atom is 0.340 e. The maximum atomic E-state index is 13.0. The Labute approximate surface area is 157 Å². The Morgan fingerprint density at radius 1 is 0.857 bits per heavy atom. The molecule has 0 saturated heterocycles. The van der Waals surface area contributed by atoms with Crippen LogP contribution in [0.15, 0.2) is 12.1 Å². The molecule has 3 rings (SSSR count). The number of phenolic OH excluding ortho intramolecular Hbond substituents is 1. The average Bonchev–Trinajstić information content (AvgIpc) is 2.65. The minimum absolute atomic E-state index is 0.0373. The normalized spacial score (nSPS) is 12.2. The van der Waals surface area contributed by atoms with Gasteiger partial charge < -0.3 is 24.8 Å². The first-order valence-electron chi connectivity index (χ1n) is 7.87. The van der Waals surface area contributed by atoms with E-state index in [0.717, 1.165) is 6.92 Å². The third kappa shape index (κ3) is 2.40. The molecule has 0 saturated carbocycles. The van der Waals surface area contributed by atoms with Gasteiger partial charge in [0, 0.05) is 11.6 Å². The lowest BCUT2D eigenvalue weighted by Crippen LogP contribution is -2.24. The van der Waals surface area contributed by atoms with Crippen molar-refractivity contribution in [3.8, 4) is 23.0 Å². The molecule has 0 atom stereocenters. The number of fused-ring (bicyclic) bond motifs is 2. The van der Waals surface area contributed by atoms with Gasteiger partial charge >= 0.3 is 5.97 Å². The number of methoxy groups -OCH3 is 2. The van der Waals surface area contributed by atoms with Crippen LogP contribution in [0.4, 0.5) is 0 Å². The highest BCUT2D eigenvalue weighted by molar-refractivity contribution is 6.33. The van der Waals surface area contributed by atoms with Crippen LogP contribution in [0.3, 0.4) is 0 Å². The van der Waals surface area contributed by atoms with E-state index in [2.05, 4.69) is 0 Å². The molecule has 3 N–H and O–H groups in total. The number of ketones is 3. The summed E-state index contributed by atoms with van der Waals surface area (Å²) in [5, 5.41) is 30.3. The molecule has 1 aliphatic carbocycles. The van der Waals surface area contributed by atoms with Crippen LogP contribution >= 0.6 is 0 Å². The van der Waals surface area contributed by atoms with Crippen molar-refractivity contribution in [1.29, 1.82) is 0 Å². The Hall–Kier alpha value is -3.88. The molecule has 0 unspecified atom stereocenters. The number of aromatic hydroxyl groups is 2. The van der Waals surface area contributed by atoms with E-state index in [0.29, 0.717) is 0 Å². The number of Topliss-reactive ketones (excluding diaryl/α,β-unsaturated/α-hetero) is 1. The quantitative estimate of drug-likeness (QED) is 0.451. The summed E-state index contributed by atoms with van der Waals surface area (Å²) in [7, 11) is 2.59. The first-order valence-corrected chi connectivity index (χ1v) is 7.87. The number of carbonyl (C=O) groups excluding carboxylic acids is 3. The van der Waals surface area contributed by atoms with Gasteiger partial charge in [-0.05, 0) is 13.0 Å². The van der Waals surface area contributed by atoms with Crippen LogP contribution < -0.4 is 9.47 Å². The van der Waals surface area contributed by atoms with Crippen LogP contribution in [0, 0.1) is 0 Å². The molecule has 0 radical (unpaired) electrons. The van der Waals surface area contributed by atoms with E-state index in [9.17, 15) is 34.5 Å². The summed E-state index contributed by atoms with van der Waals surface area (Å²) in [4.78, 5) is 49.5. The molecule has 1 aliphatic rings. The summed E-state index contributed by atoms with van der Waals surface area (Å²) in [5.74, 6) is -6.38. The lowest BCUT2D eigenvalue weighted by atomic mass is 9.79. The fraction of sp³-hybridized carbons (Fsp3) is 0.158. The molecule has 0 spiro atoms. The van der Waals surface area contributed by atoms with Crippen molar-refractivity contribution in [2.75, 3.05) is 14.2 Å². The predicted octanol–water partition coefficient (Wildman–Crippen LogP) is 1.79. The summed E-state index contributed by atoms with van der Waals surface area (Å²) in [5.41, 5.74) is -3.48. The number of carboxylic acids is 1. The SMILES string of the molecule is COc1cc(OC)c2c(c1)C(=O)c1c(O)c(C(C)=O)c(C(=O)O)c(O)c1C2=O. The number of aromatic carboxylic acids is 1. The Morgan fingerprint density at radius 2 is 1.43 bits per heavy atom. The van der Waals surface area contributed by atoms with Crippen molar-refractivity contribution in [2.45, 2.75) is 6.92 Å². The van der Waals surface area contributed by atoms with Crippen LogP contribution in [0.25, 0.3) is 0 Å². The molecule has 0 heterocycles. The number of ether oxygens (including phenoxy) is 2. The van der Waals surface area contributed by atoms with Crippen LogP contribution in [-0.4, -0.2) is 52.9 Å². The Balaban J connectivity index is 2.49. The van der Waals surface area contributed by atoms with E-state index >= 15 is 0 Å². The second kappa shape index (κ2) is 6.38. The average molecular weight is 386 g/mol. The fourth-order valence-corrected chi connectivity index (χ4v) is 3.26. The van der Waals surface area contributed by atoms with Gasteiger partial charge in [0.1, 0.15) is 28.6 Å². The minimum atomic E-state index is -1.74. The number of hydrogen-bond acceptors (Lipinski definition) is 8. The van der Waals surface area contributed by atoms with Crippen molar-refractivity contribution in [2.24, 2.45) is 0 Å². The lowest BCUT2D eigenvalue weighted by molar-refractivity contribution is 0.0687. The number of carboxylic acid groups (broad SMARTS) is 1. The summed E-state index contributed by atoms with van der Waals surface area (Å²) in [6, 6.07) is 2.59. The van der Waals surface area contributed by atoms with Gasteiger partial charge in [-0.3, -0.25) is 14.4 Å². The van der Waals surface area contributed by atoms with Gasteiger partial charge in [-0.1, -0.05) is 0 Å². The number of rotatable bonds is 4. The van der Waals surface area contributed by atoms with Crippen LogP contribution in [0.1, 0.15) is 59.5 Å². The maximum absolute atomic E-state index is 13.0. The molecule has 0 fully saturated rings. The van der Waals surface area contributed by atoms with E-state index < -0.39 is 57.1 Å². The van der Waals surface area contributed by atoms with E-state index in [-0.39, 0.29) is 22.6 Å². The van der Waals surface area contributed by atoms with Crippen molar-refractivity contribution in [3.05, 3.63) is 45.5 Å². The fourth-order valence-electron chi connectivity index (χ4n) is 3.26. The van der Waals surface area contributed by atoms with Crippen molar-refractivity contribution in [3.63, 3.8) is 0 Å². The number of phenols is 2. The van der Waals surface area contributed by atoms with E-state index in [1.165, 1.54) is 26.4 Å². The molecule has 2 aromatic carbocycles. The van der Waals surface area contributed by atoms with E-state index in [1.54, 1.807) is 0 Å². The van der Waals surface area contributed by atoms with E-state index in [4.69, 9.17) is 9.47 Å². The van der Waals surface area contributed by atoms with Gasteiger partial charge in [-0.2, -0.15) is 0 Å². The van der Waals surface area contributed by atoms with Crippen LogP contribution in [0.5, 0.6) is 23.0 Å². The van der Waals surface area contributed by atoms with Crippen LogP contribution in [0.2, 0.25) is 0 Å². The van der Waals surface area contributed by atoms with Gasteiger partial charge in [0.15, 0.2) is 11.6 Å². The Bertz CT molecular complexity index is 1100. The molecule has 2 aromatic rings. The van der Waals surface area contributed by atoms with Gasteiger partial charge in [0.2, 0.25) is 5.78 Å². The Kier molecular flexibility index (Phi) is 4.30. The second-order valence-electron chi connectivity index (χ2n) is 5.97. The zero-order chi connectivity index (χ0) is 20.9. The van der Waals surface area contributed by atoms with Crippen molar-refractivity contribution < 1.29 is 44.0 Å². The Morgan fingerprint density at radius 3 is 1.93 bits per heavy atom. The van der Waals surface area contributed by atoms with E-state index in [1.807, 2.05) is 0 Å². The highest BCUT2D eigenvalue weighted by Gasteiger charge is 2.41. The molecule has 144 valence electrons. The van der Waals surface area contributed by atoms with Crippen molar-refractivity contribution in [1.82, 2.24) is 0 Å². The lowest BCUT2D eigenvalue weighted by Gasteiger charge is -2.24. The molecular formula is C19H14O9. The first kappa shape index (κ1) is 18.9. The zero-order valence-electron chi connectivity index (χ0n) is 14.9. The monoisotopic (exact) mass is 386 g/mol. The second-order valence-corrected chi connectivity index (χ2v) is 5.97. The number of hydrogen-bond donors (Lipinski definition) is 3. The molecule has 0 aromatic heterocycles. The molecule has 0 amide bonds.